The van der Waals surface area contributed by atoms with Crippen LogP contribution in [0.3, 0.4) is 0 Å². The van der Waals surface area contributed by atoms with Crippen LogP contribution in [0.5, 0.6) is 5.75 Å². The van der Waals surface area contributed by atoms with E-state index in [9.17, 15) is 34.8 Å². The van der Waals surface area contributed by atoms with Crippen molar-refractivity contribution in [2.24, 2.45) is 41.2 Å². The van der Waals surface area contributed by atoms with Gasteiger partial charge >= 0.3 is 0 Å². The van der Waals surface area contributed by atoms with Gasteiger partial charge in [-0.3, -0.25) is 14.4 Å². The summed E-state index contributed by atoms with van der Waals surface area (Å²) in [6, 6.07) is 3.42. The number of benzene rings is 1. The largest absolute Gasteiger partial charge is 0.508 e. The van der Waals surface area contributed by atoms with Crippen LogP contribution in [-0.4, -0.2) is 43.5 Å². The Balaban J connectivity index is 1.62. The van der Waals surface area contributed by atoms with E-state index in [1.165, 1.54) is 18.9 Å². The monoisotopic (exact) mass is 523 g/mol. The number of nitrogens with two attached hydrogens (primary N) is 1. The molecule has 0 saturated heterocycles. The van der Waals surface area contributed by atoms with Gasteiger partial charge in [-0.1, -0.05) is 39.7 Å². The number of aromatic hydroxyl groups is 1. The predicted octanol–water partition coefficient (Wildman–Crippen LogP) is 3.67. The molecule has 0 heterocycles. The molecule has 1 amide bonds. The van der Waals surface area contributed by atoms with Gasteiger partial charge in [0.05, 0.1) is 5.56 Å². The van der Waals surface area contributed by atoms with E-state index in [0.29, 0.717) is 18.3 Å². The summed E-state index contributed by atoms with van der Waals surface area (Å²) in [6.07, 6.45) is 5.89. The molecule has 0 spiro atoms. The van der Waals surface area contributed by atoms with Crippen molar-refractivity contribution >= 4 is 23.2 Å². The highest BCUT2D eigenvalue weighted by Gasteiger charge is 2.64. The van der Waals surface area contributed by atoms with Crippen molar-refractivity contribution in [3.05, 3.63) is 45.7 Å². The van der Waals surface area contributed by atoms with Gasteiger partial charge in [-0.05, 0) is 73.0 Å². The van der Waals surface area contributed by atoms with E-state index in [-0.39, 0.29) is 29.2 Å². The summed E-state index contributed by atoms with van der Waals surface area (Å²) in [6.45, 7) is 5.79. The van der Waals surface area contributed by atoms with Crippen molar-refractivity contribution in [1.29, 1.82) is 0 Å². The van der Waals surface area contributed by atoms with Gasteiger partial charge in [-0.15, -0.1) is 0 Å². The number of phenols is 1. The molecule has 204 valence electrons. The molecule has 2 saturated carbocycles. The van der Waals surface area contributed by atoms with Crippen LogP contribution >= 0.6 is 0 Å². The first-order chi connectivity index (χ1) is 17.9. The number of fused-ring (bicyclic) bond motifs is 3. The van der Waals surface area contributed by atoms with Crippen LogP contribution in [0.2, 0.25) is 0 Å². The molecule has 1 aromatic rings. The van der Waals surface area contributed by atoms with Crippen LogP contribution in [0.15, 0.2) is 29.0 Å². The third-order valence-corrected chi connectivity index (χ3v) is 9.59. The summed E-state index contributed by atoms with van der Waals surface area (Å²) in [4.78, 5) is 39.3. The topological polar surface area (TPSA) is 158 Å². The van der Waals surface area contributed by atoms with Gasteiger partial charge in [-0.25, -0.2) is 0 Å². The molecule has 2 fully saturated rings. The van der Waals surface area contributed by atoms with E-state index in [2.05, 4.69) is 6.92 Å². The Hall–Kier alpha value is -3.13. The maximum absolute atomic E-state index is 13.9. The number of Topliss-reactive ketones (excluding diaryl/α,β-unsaturated/α-hetero) is 2. The van der Waals surface area contributed by atoms with Crippen molar-refractivity contribution in [1.82, 2.24) is 0 Å². The first-order valence-corrected chi connectivity index (χ1v) is 13.7. The standard InChI is InChI=1S/C30H37NO7/c1-13(2)21-19-12-17-11-18-16(10-15-6-4-14(3)5-7-15)8-9-20(32)23(18)26(34)22(17)27(35)30(19,38)28(36)24(25(21)33)29(31)37/h8-9,13-15,17,19,21,32,34,36,38H,4-7,10-12H2,1-3H3,(H2,31,37)/t14?,15?,17-,19-,21-,30-/m0/s1. The van der Waals surface area contributed by atoms with Crippen LogP contribution in [0, 0.1) is 35.5 Å². The molecule has 5 rings (SSSR count). The number of carbonyl (C=O) groups excluding carboxylic acids is 3. The smallest absolute Gasteiger partial charge is 0.255 e. The summed E-state index contributed by atoms with van der Waals surface area (Å²) < 4.78 is 0. The molecular formula is C30H37NO7. The summed E-state index contributed by atoms with van der Waals surface area (Å²) >= 11 is 0. The number of amides is 1. The first-order valence-electron chi connectivity index (χ1n) is 13.7. The van der Waals surface area contributed by atoms with E-state index in [1.54, 1.807) is 13.8 Å². The second-order valence-electron chi connectivity index (χ2n) is 12.3. The fourth-order valence-corrected chi connectivity index (χ4v) is 7.58. The number of hydrogen-bond donors (Lipinski definition) is 5. The van der Waals surface area contributed by atoms with Crippen molar-refractivity contribution in [2.75, 3.05) is 0 Å². The van der Waals surface area contributed by atoms with Crippen molar-refractivity contribution in [3.8, 4) is 5.75 Å². The van der Waals surface area contributed by atoms with Gasteiger partial charge in [-0.2, -0.15) is 0 Å². The van der Waals surface area contributed by atoms with E-state index >= 15 is 0 Å². The van der Waals surface area contributed by atoms with Gasteiger partial charge in [0.15, 0.2) is 11.4 Å². The molecule has 4 aliphatic rings. The maximum atomic E-state index is 13.9. The van der Waals surface area contributed by atoms with Crippen LogP contribution in [-0.2, 0) is 27.2 Å². The third kappa shape index (κ3) is 3.79. The molecule has 1 aromatic carbocycles. The number of rotatable bonds is 4. The Kier molecular flexibility index (Phi) is 6.45. The zero-order valence-electron chi connectivity index (χ0n) is 22.2. The van der Waals surface area contributed by atoms with Gasteiger partial charge < -0.3 is 26.2 Å². The molecule has 8 nitrogen and oxygen atoms in total. The van der Waals surface area contributed by atoms with Crippen LogP contribution in [0.25, 0.3) is 5.76 Å². The predicted molar refractivity (Wildman–Crippen MR) is 140 cm³/mol. The molecule has 0 radical (unpaired) electrons. The fourth-order valence-electron chi connectivity index (χ4n) is 7.58. The quantitative estimate of drug-likeness (QED) is 0.377. The third-order valence-electron chi connectivity index (χ3n) is 9.59. The normalized spacial score (nSPS) is 33.2. The molecule has 0 unspecified atom stereocenters. The number of aliphatic hydroxyl groups excluding tert-OH is 2. The summed E-state index contributed by atoms with van der Waals surface area (Å²) in [5.74, 6) is -6.04. The van der Waals surface area contributed by atoms with Crippen molar-refractivity contribution in [2.45, 2.75) is 71.3 Å². The minimum absolute atomic E-state index is 0.0950. The summed E-state index contributed by atoms with van der Waals surface area (Å²) in [5, 5.41) is 44.8. The summed E-state index contributed by atoms with van der Waals surface area (Å²) in [5.41, 5.74) is 3.94. The fraction of sp³-hybridized carbons (Fsp3) is 0.567. The Bertz CT molecular complexity index is 1280. The second-order valence-corrected chi connectivity index (χ2v) is 12.3. The molecule has 4 aliphatic carbocycles. The highest BCUT2D eigenvalue weighted by molar-refractivity contribution is 6.23. The molecule has 0 aromatic heterocycles. The average Bonchev–Trinajstić information content (AvgIpc) is 2.84. The SMILES string of the molecule is CC1CCC(Cc2ccc(O)c3c2C[C@H]2C[C@H]4[C@H](C(C)C)C(=O)C(C(N)=O)=C(O)[C@@]4(O)C(=O)C2=C3O)CC1. The van der Waals surface area contributed by atoms with E-state index in [4.69, 9.17) is 5.73 Å². The number of hydrogen-bond acceptors (Lipinski definition) is 7. The average molecular weight is 524 g/mol. The molecule has 0 aliphatic heterocycles. The number of ketones is 2. The van der Waals surface area contributed by atoms with E-state index in [1.807, 2.05) is 6.07 Å². The van der Waals surface area contributed by atoms with Gasteiger partial charge in [0.25, 0.3) is 5.91 Å². The molecule has 4 atom stereocenters. The van der Waals surface area contributed by atoms with E-state index in [0.717, 1.165) is 30.4 Å². The zero-order valence-corrected chi connectivity index (χ0v) is 22.2. The van der Waals surface area contributed by atoms with Gasteiger partial charge in [0.2, 0.25) is 5.78 Å². The molecule has 0 bridgehead atoms. The second kappa shape index (κ2) is 9.26. The van der Waals surface area contributed by atoms with Gasteiger partial charge in [0, 0.05) is 17.4 Å². The lowest BCUT2D eigenvalue weighted by atomic mass is 9.54. The Morgan fingerprint density at radius 1 is 1.11 bits per heavy atom. The molecule has 6 N–H and O–H groups in total. The lowest BCUT2D eigenvalue weighted by molar-refractivity contribution is -0.155. The lowest BCUT2D eigenvalue weighted by Gasteiger charge is -2.50. The molecule has 8 heteroatoms. The maximum Gasteiger partial charge on any atom is 0.255 e. The van der Waals surface area contributed by atoms with Crippen LogP contribution in [0.4, 0.5) is 0 Å². The minimum Gasteiger partial charge on any atom is -0.508 e. The van der Waals surface area contributed by atoms with Gasteiger partial charge in [0.1, 0.15) is 22.8 Å². The highest BCUT2D eigenvalue weighted by atomic mass is 16.3. The highest BCUT2D eigenvalue weighted by Crippen LogP contribution is 2.55. The van der Waals surface area contributed by atoms with Crippen LogP contribution in [0.1, 0.15) is 69.6 Å². The minimum atomic E-state index is -2.57. The Morgan fingerprint density at radius 2 is 1.76 bits per heavy atom. The van der Waals surface area contributed by atoms with Crippen LogP contribution < -0.4 is 5.73 Å². The number of aliphatic hydroxyl groups is 3. The number of phenolic OH excluding ortho intramolecular Hbond substituents is 1. The van der Waals surface area contributed by atoms with Crippen molar-refractivity contribution < 1.29 is 34.8 Å². The summed E-state index contributed by atoms with van der Waals surface area (Å²) in [7, 11) is 0. The zero-order chi connectivity index (χ0) is 27.7. The first kappa shape index (κ1) is 26.5. The van der Waals surface area contributed by atoms with E-state index < -0.39 is 57.9 Å². The Labute approximate surface area is 222 Å². The number of carbonyl (C=O) groups is 3. The molecular weight excluding hydrogens is 486 g/mol. The number of primary amides is 1. The molecule has 38 heavy (non-hydrogen) atoms. The van der Waals surface area contributed by atoms with Crippen molar-refractivity contribution in [3.63, 3.8) is 0 Å². The Morgan fingerprint density at radius 3 is 2.37 bits per heavy atom. The lowest BCUT2D eigenvalue weighted by Crippen LogP contribution is -2.62.